The molecule has 0 unspecified atom stereocenters. The fraction of sp³-hybridized carbons (Fsp3) is 0.333. The molecule has 2 N–H and O–H groups in total. The van der Waals surface area contributed by atoms with Gasteiger partial charge in [-0.05, 0) is 36.6 Å². The maximum Gasteiger partial charge on any atom is 0.246 e. The van der Waals surface area contributed by atoms with E-state index in [1.54, 1.807) is 23.1 Å². The second-order valence-corrected chi connectivity index (χ2v) is 4.89. The Morgan fingerprint density at radius 2 is 2.00 bits per heavy atom. The minimum atomic E-state index is -0.332. The molecule has 2 rings (SSSR count). The number of benzene rings is 1. The number of rotatable bonds is 3. The second-order valence-electron chi connectivity index (χ2n) is 4.89. The molecule has 0 bridgehead atoms. The van der Waals surface area contributed by atoms with Gasteiger partial charge >= 0.3 is 0 Å². The van der Waals surface area contributed by atoms with E-state index in [0.29, 0.717) is 31.5 Å². The van der Waals surface area contributed by atoms with Gasteiger partial charge in [0.1, 0.15) is 5.82 Å². The third kappa shape index (κ3) is 3.66. The number of carbonyl (C=O) groups excluding carboxylic acids is 2. The maximum atomic E-state index is 13.0. The molecule has 1 heterocycles. The number of primary amides is 1. The van der Waals surface area contributed by atoms with Crippen molar-refractivity contribution >= 4 is 17.9 Å². The summed E-state index contributed by atoms with van der Waals surface area (Å²) in [5.41, 5.74) is 5.89. The van der Waals surface area contributed by atoms with Crippen molar-refractivity contribution in [1.82, 2.24) is 4.90 Å². The van der Waals surface area contributed by atoms with E-state index in [1.165, 1.54) is 18.2 Å². The van der Waals surface area contributed by atoms with Crippen LogP contribution in [0.3, 0.4) is 0 Å². The highest BCUT2D eigenvalue weighted by atomic mass is 19.1. The molecule has 1 aliphatic heterocycles. The summed E-state index contributed by atoms with van der Waals surface area (Å²) in [5, 5.41) is 0. The van der Waals surface area contributed by atoms with E-state index in [0.717, 1.165) is 0 Å². The van der Waals surface area contributed by atoms with Gasteiger partial charge in [-0.25, -0.2) is 4.39 Å². The van der Waals surface area contributed by atoms with E-state index in [9.17, 15) is 14.0 Å². The molecular formula is C15H17FN2O2. The van der Waals surface area contributed by atoms with Crippen LogP contribution in [0.15, 0.2) is 30.3 Å². The van der Waals surface area contributed by atoms with Gasteiger partial charge in [0.15, 0.2) is 0 Å². The van der Waals surface area contributed by atoms with Crippen molar-refractivity contribution in [2.45, 2.75) is 12.8 Å². The highest BCUT2D eigenvalue weighted by Crippen LogP contribution is 2.17. The van der Waals surface area contributed by atoms with E-state index in [-0.39, 0.29) is 23.5 Å². The lowest BCUT2D eigenvalue weighted by atomic mass is 9.96. The average Bonchev–Trinajstić information content (AvgIpc) is 2.45. The molecule has 1 aliphatic rings. The van der Waals surface area contributed by atoms with Gasteiger partial charge in [-0.3, -0.25) is 9.59 Å². The third-order valence-electron chi connectivity index (χ3n) is 3.48. The van der Waals surface area contributed by atoms with E-state index < -0.39 is 0 Å². The fourth-order valence-electron chi connectivity index (χ4n) is 2.27. The zero-order chi connectivity index (χ0) is 14.5. The van der Waals surface area contributed by atoms with Gasteiger partial charge in [0.2, 0.25) is 11.8 Å². The first kappa shape index (κ1) is 14.2. The maximum absolute atomic E-state index is 13.0. The minimum absolute atomic E-state index is 0.128. The Kier molecular flexibility index (Phi) is 4.50. The Bertz CT molecular complexity index is 534. The van der Waals surface area contributed by atoms with Gasteiger partial charge in [-0.2, -0.15) is 0 Å². The van der Waals surface area contributed by atoms with Crippen LogP contribution in [0.4, 0.5) is 4.39 Å². The molecule has 0 spiro atoms. The molecule has 0 radical (unpaired) electrons. The summed E-state index contributed by atoms with van der Waals surface area (Å²) in [4.78, 5) is 24.7. The summed E-state index contributed by atoms with van der Waals surface area (Å²) in [6.45, 7) is 1.06. The van der Waals surface area contributed by atoms with Crippen LogP contribution >= 0.6 is 0 Å². The monoisotopic (exact) mass is 276 g/mol. The van der Waals surface area contributed by atoms with Crippen LogP contribution in [0, 0.1) is 11.7 Å². The predicted molar refractivity (Wildman–Crippen MR) is 73.9 cm³/mol. The summed E-state index contributed by atoms with van der Waals surface area (Å²) in [6, 6.07) is 6.04. The van der Waals surface area contributed by atoms with Crippen molar-refractivity contribution < 1.29 is 14.0 Å². The number of likely N-dealkylation sites (tertiary alicyclic amines) is 1. The Labute approximate surface area is 117 Å². The van der Waals surface area contributed by atoms with E-state index >= 15 is 0 Å². The van der Waals surface area contributed by atoms with Gasteiger partial charge in [0.05, 0.1) is 0 Å². The highest BCUT2D eigenvalue weighted by molar-refractivity contribution is 5.92. The zero-order valence-electron chi connectivity index (χ0n) is 11.1. The van der Waals surface area contributed by atoms with Gasteiger partial charge < -0.3 is 10.6 Å². The average molecular weight is 276 g/mol. The quantitative estimate of drug-likeness (QED) is 0.852. The van der Waals surface area contributed by atoms with E-state index in [1.807, 2.05) is 0 Å². The molecule has 1 saturated heterocycles. The van der Waals surface area contributed by atoms with E-state index in [4.69, 9.17) is 5.73 Å². The molecule has 20 heavy (non-hydrogen) atoms. The SMILES string of the molecule is NC(=O)C1CCN(C(=O)/C=C/c2cccc(F)c2)CC1. The van der Waals surface area contributed by atoms with Gasteiger partial charge in [0.25, 0.3) is 0 Å². The highest BCUT2D eigenvalue weighted by Gasteiger charge is 2.24. The van der Waals surface area contributed by atoms with Crippen LogP contribution in [0.5, 0.6) is 0 Å². The van der Waals surface area contributed by atoms with Crippen LogP contribution < -0.4 is 5.73 Å². The summed E-state index contributed by atoms with van der Waals surface area (Å²) >= 11 is 0. The molecule has 0 atom stereocenters. The number of hydrogen-bond acceptors (Lipinski definition) is 2. The fourth-order valence-corrected chi connectivity index (χ4v) is 2.27. The number of nitrogens with two attached hydrogens (primary N) is 1. The van der Waals surface area contributed by atoms with E-state index in [2.05, 4.69) is 0 Å². The predicted octanol–water partition coefficient (Wildman–Crippen LogP) is 1.56. The van der Waals surface area contributed by atoms with Crippen LogP contribution in [-0.4, -0.2) is 29.8 Å². The number of carbonyl (C=O) groups is 2. The summed E-state index contributed by atoms with van der Waals surface area (Å²) in [5.74, 6) is -0.891. The topological polar surface area (TPSA) is 63.4 Å². The van der Waals surface area contributed by atoms with Crippen molar-refractivity contribution in [2.24, 2.45) is 11.7 Å². The lowest BCUT2D eigenvalue weighted by Gasteiger charge is -2.29. The molecule has 1 aromatic carbocycles. The van der Waals surface area contributed by atoms with Crippen molar-refractivity contribution in [3.63, 3.8) is 0 Å². The smallest absolute Gasteiger partial charge is 0.246 e. The van der Waals surface area contributed by atoms with Crippen molar-refractivity contribution in [3.8, 4) is 0 Å². The van der Waals surface area contributed by atoms with Gasteiger partial charge in [-0.15, -0.1) is 0 Å². The minimum Gasteiger partial charge on any atom is -0.369 e. The molecule has 5 heteroatoms. The molecule has 2 amide bonds. The lowest BCUT2D eigenvalue weighted by Crippen LogP contribution is -2.41. The molecular weight excluding hydrogens is 259 g/mol. The van der Waals surface area contributed by atoms with Gasteiger partial charge in [-0.1, -0.05) is 12.1 Å². The summed E-state index contributed by atoms with van der Waals surface area (Å²) < 4.78 is 13.0. The first-order chi connectivity index (χ1) is 9.56. The van der Waals surface area contributed by atoms with Crippen molar-refractivity contribution in [2.75, 3.05) is 13.1 Å². The molecule has 4 nitrogen and oxygen atoms in total. The van der Waals surface area contributed by atoms with Crippen LogP contribution in [0.2, 0.25) is 0 Å². The van der Waals surface area contributed by atoms with Crippen LogP contribution in [0.25, 0.3) is 6.08 Å². The number of hydrogen-bond donors (Lipinski definition) is 1. The van der Waals surface area contributed by atoms with Crippen LogP contribution in [0.1, 0.15) is 18.4 Å². The van der Waals surface area contributed by atoms with Gasteiger partial charge in [0, 0.05) is 25.1 Å². The first-order valence-electron chi connectivity index (χ1n) is 6.58. The molecule has 1 fully saturated rings. The normalized spacial score (nSPS) is 16.6. The molecule has 0 aliphatic carbocycles. The summed E-state index contributed by atoms with van der Waals surface area (Å²) in [6.07, 6.45) is 4.23. The number of amides is 2. The van der Waals surface area contributed by atoms with Crippen molar-refractivity contribution in [1.29, 1.82) is 0 Å². The summed E-state index contributed by atoms with van der Waals surface area (Å²) in [7, 11) is 0. The first-order valence-corrected chi connectivity index (χ1v) is 6.58. The van der Waals surface area contributed by atoms with Crippen LogP contribution in [-0.2, 0) is 9.59 Å². The molecule has 106 valence electrons. The Morgan fingerprint density at radius 1 is 1.30 bits per heavy atom. The molecule has 1 aromatic rings. The van der Waals surface area contributed by atoms with Crippen molar-refractivity contribution in [3.05, 3.63) is 41.7 Å². The second kappa shape index (κ2) is 6.32. The molecule has 0 saturated carbocycles. The number of nitrogens with zero attached hydrogens (tertiary/aromatic N) is 1. The standard InChI is InChI=1S/C15H17FN2O2/c16-13-3-1-2-11(10-13)4-5-14(19)18-8-6-12(7-9-18)15(17)20/h1-5,10,12H,6-9H2,(H2,17,20)/b5-4+. The molecule has 0 aromatic heterocycles. The zero-order valence-corrected chi connectivity index (χ0v) is 11.1. The Hall–Kier alpha value is -2.17. The number of halogens is 1. The Morgan fingerprint density at radius 3 is 2.60 bits per heavy atom. The largest absolute Gasteiger partial charge is 0.369 e. The lowest BCUT2D eigenvalue weighted by molar-refractivity contribution is -0.130. The Balaban J connectivity index is 1.91. The third-order valence-corrected chi connectivity index (χ3v) is 3.48. The number of piperidine rings is 1.